The van der Waals surface area contributed by atoms with Crippen LogP contribution >= 0.6 is 11.6 Å². The van der Waals surface area contributed by atoms with Gasteiger partial charge in [0.05, 0.1) is 12.1 Å². The van der Waals surface area contributed by atoms with Crippen molar-refractivity contribution in [3.8, 4) is 0 Å². The number of hydrogen-bond acceptors (Lipinski definition) is 2. The molecule has 17 heavy (non-hydrogen) atoms. The zero-order valence-corrected chi connectivity index (χ0v) is 10.9. The first-order chi connectivity index (χ1) is 7.91. The lowest BCUT2D eigenvalue weighted by molar-refractivity contribution is 0.128. The quantitative estimate of drug-likeness (QED) is 0.853. The van der Waals surface area contributed by atoms with Crippen LogP contribution in [0.2, 0.25) is 5.02 Å². The molecule has 1 aromatic rings. The molecule has 0 heterocycles. The van der Waals surface area contributed by atoms with Crippen LogP contribution in [0, 0.1) is 11.7 Å². The average Bonchev–Trinajstić information content (AvgIpc) is 2.28. The van der Waals surface area contributed by atoms with Gasteiger partial charge in [0, 0.05) is 5.02 Å². The molecule has 0 unspecified atom stereocenters. The van der Waals surface area contributed by atoms with Gasteiger partial charge in [0.2, 0.25) is 0 Å². The van der Waals surface area contributed by atoms with E-state index >= 15 is 0 Å². The maximum absolute atomic E-state index is 13.1. The molecule has 96 valence electrons. The van der Waals surface area contributed by atoms with Gasteiger partial charge in [0.15, 0.2) is 0 Å². The molecular formula is C13H19ClFNO. The number of nitrogens with two attached hydrogens (primary N) is 1. The van der Waals surface area contributed by atoms with E-state index in [0.29, 0.717) is 22.9 Å². The van der Waals surface area contributed by atoms with Gasteiger partial charge in [-0.3, -0.25) is 0 Å². The lowest BCUT2D eigenvalue weighted by Crippen LogP contribution is -2.27. The molecule has 3 N–H and O–H groups in total. The van der Waals surface area contributed by atoms with Crippen LogP contribution in [0.1, 0.15) is 38.3 Å². The molecular weight excluding hydrogens is 241 g/mol. The fourth-order valence-electron chi connectivity index (χ4n) is 1.66. The van der Waals surface area contributed by atoms with Gasteiger partial charge in [-0.05, 0) is 42.5 Å². The Balaban J connectivity index is 2.74. The van der Waals surface area contributed by atoms with Crippen molar-refractivity contribution in [2.24, 2.45) is 11.7 Å². The van der Waals surface area contributed by atoms with E-state index in [1.54, 1.807) is 0 Å². The fraction of sp³-hybridized carbons (Fsp3) is 0.538. The smallest absolute Gasteiger partial charge is 0.123 e. The van der Waals surface area contributed by atoms with Crippen LogP contribution in [0.3, 0.4) is 0 Å². The number of hydrogen-bond donors (Lipinski definition) is 2. The second kappa shape index (κ2) is 6.34. The van der Waals surface area contributed by atoms with Gasteiger partial charge in [-0.1, -0.05) is 25.4 Å². The Bertz CT molecular complexity index is 370. The van der Waals surface area contributed by atoms with Gasteiger partial charge in [-0.15, -0.1) is 0 Å². The third-order valence-electron chi connectivity index (χ3n) is 2.77. The van der Waals surface area contributed by atoms with E-state index in [0.717, 1.165) is 6.42 Å². The predicted octanol–water partition coefficient (Wildman–Crippen LogP) is 3.28. The Morgan fingerprint density at radius 1 is 1.35 bits per heavy atom. The molecule has 0 amide bonds. The molecule has 0 aliphatic heterocycles. The summed E-state index contributed by atoms with van der Waals surface area (Å²) in [7, 11) is 0. The van der Waals surface area contributed by atoms with Crippen molar-refractivity contribution in [3.63, 3.8) is 0 Å². The molecule has 0 saturated carbocycles. The highest BCUT2D eigenvalue weighted by Gasteiger charge is 2.19. The molecule has 0 aliphatic rings. The van der Waals surface area contributed by atoms with Gasteiger partial charge in [0.25, 0.3) is 0 Å². The van der Waals surface area contributed by atoms with Gasteiger partial charge in [-0.25, -0.2) is 4.39 Å². The van der Waals surface area contributed by atoms with Crippen molar-refractivity contribution in [3.05, 3.63) is 34.6 Å². The summed E-state index contributed by atoms with van der Waals surface area (Å²) in [6.45, 7) is 4.15. The minimum atomic E-state index is -0.698. The summed E-state index contributed by atoms with van der Waals surface area (Å²) in [5.74, 6) is 0.107. The van der Waals surface area contributed by atoms with Crippen LogP contribution in [-0.4, -0.2) is 11.2 Å². The molecule has 2 atom stereocenters. The topological polar surface area (TPSA) is 46.2 Å². The molecule has 0 spiro atoms. The number of rotatable bonds is 5. The Morgan fingerprint density at radius 2 is 2.00 bits per heavy atom. The Labute approximate surface area is 107 Å². The van der Waals surface area contributed by atoms with Crippen molar-refractivity contribution in [1.29, 1.82) is 0 Å². The summed E-state index contributed by atoms with van der Waals surface area (Å²) in [5, 5.41) is 10.3. The monoisotopic (exact) mass is 259 g/mol. The zero-order chi connectivity index (χ0) is 13.0. The van der Waals surface area contributed by atoms with E-state index < -0.39 is 18.0 Å². The highest BCUT2D eigenvalue weighted by molar-refractivity contribution is 6.31. The number of aliphatic hydroxyl groups excluding tert-OH is 1. The Hall–Kier alpha value is -0.640. The van der Waals surface area contributed by atoms with Crippen LogP contribution in [0.25, 0.3) is 0 Å². The van der Waals surface area contributed by atoms with Crippen molar-refractivity contribution in [2.75, 3.05) is 0 Å². The zero-order valence-electron chi connectivity index (χ0n) is 10.2. The third-order valence-corrected chi connectivity index (χ3v) is 3.12. The van der Waals surface area contributed by atoms with Gasteiger partial charge in [-0.2, -0.15) is 0 Å². The van der Waals surface area contributed by atoms with Crippen molar-refractivity contribution in [2.45, 2.75) is 38.8 Å². The van der Waals surface area contributed by atoms with Gasteiger partial charge >= 0.3 is 0 Å². The standard InChI is InChI=1S/C13H19ClFNO/c1-8(2)3-6-12(17)13(16)10-7-9(15)4-5-11(10)14/h4-5,7-8,12-13,17H,3,6,16H2,1-2H3/t12-,13+/m1/s1. The van der Waals surface area contributed by atoms with Crippen LogP contribution in [0.5, 0.6) is 0 Å². The summed E-state index contributed by atoms with van der Waals surface area (Å²) in [6.07, 6.45) is 0.768. The number of aliphatic hydroxyl groups is 1. The average molecular weight is 260 g/mol. The summed E-state index contributed by atoms with van der Waals surface area (Å²) >= 11 is 5.94. The summed E-state index contributed by atoms with van der Waals surface area (Å²) in [5.41, 5.74) is 6.35. The lowest BCUT2D eigenvalue weighted by atomic mass is 9.96. The summed E-state index contributed by atoms with van der Waals surface area (Å²) < 4.78 is 13.1. The molecule has 2 nitrogen and oxygen atoms in total. The second-order valence-electron chi connectivity index (χ2n) is 4.73. The molecule has 0 aromatic heterocycles. The lowest BCUT2D eigenvalue weighted by Gasteiger charge is -2.21. The van der Waals surface area contributed by atoms with Crippen LogP contribution in [0.15, 0.2) is 18.2 Å². The maximum Gasteiger partial charge on any atom is 0.123 e. The first-order valence-corrected chi connectivity index (χ1v) is 6.18. The van der Waals surface area contributed by atoms with Crippen molar-refractivity contribution in [1.82, 2.24) is 0 Å². The third kappa shape index (κ3) is 4.26. The summed E-state index contributed by atoms with van der Waals surface area (Å²) in [4.78, 5) is 0. The second-order valence-corrected chi connectivity index (χ2v) is 5.14. The fourth-order valence-corrected chi connectivity index (χ4v) is 1.90. The van der Waals surface area contributed by atoms with Gasteiger partial charge < -0.3 is 10.8 Å². The first kappa shape index (κ1) is 14.4. The van der Waals surface area contributed by atoms with Crippen molar-refractivity contribution < 1.29 is 9.50 Å². The molecule has 4 heteroatoms. The van der Waals surface area contributed by atoms with E-state index in [2.05, 4.69) is 13.8 Å². The number of halogens is 2. The van der Waals surface area contributed by atoms with E-state index in [1.807, 2.05) is 0 Å². The van der Waals surface area contributed by atoms with E-state index in [-0.39, 0.29) is 0 Å². The molecule has 0 bridgehead atoms. The predicted molar refractivity (Wildman–Crippen MR) is 68.4 cm³/mol. The maximum atomic E-state index is 13.1. The largest absolute Gasteiger partial charge is 0.391 e. The first-order valence-electron chi connectivity index (χ1n) is 5.80. The highest BCUT2D eigenvalue weighted by Crippen LogP contribution is 2.26. The molecule has 0 saturated heterocycles. The Kier molecular flexibility index (Phi) is 5.37. The molecule has 1 rings (SSSR count). The molecule has 1 aromatic carbocycles. The van der Waals surface area contributed by atoms with E-state index in [9.17, 15) is 9.50 Å². The molecule has 0 fully saturated rings. The molecule has 0 aliphatic carbocycles. The Morgan fingerprint density at radius 3 is 2.59 bits per heavy atom. The van der Waals surface area contributed by atoms with Crippen LogP contribution < -0.4 is 5.73 Å². The normalized spacial score (nSPS) is 15.0. The van der Waals surface area contributed by atoms with Crippen LogP contribution in [-0.2, 0) is 0 Å². The van der Waals surface area contributed by atoms with Crippen LogP contribution in [0.4, 0.5) is 4.39 Å². The summed E-state index contributed by atoms with van der Waals surface area (Å²) in [6, 6.07) is 3.38. The van der Waals surface area contributed by atoms with E-state index in [4.69, 9.17) is 17.3 Å². The van der Waals surface area contributed by atoms with Gasteiger partial charge in [0.1, 0.15) is 5.82 Å². The highest BCUT2D eigenvalue weighted by atomic mass is 35.5. The van der Waals surface area contributed by atoms with Crippen molar-refractivity contribution >= 4 is 11.6 Å². The molecule has 0 radical (unpaired) electrons. The van der Waals surface area contributed by atoms with E-state index in [1.165, 1.54) is 18.2 Å². The SMILES string of the molecule is CC(C)CC[C@@H](O)[C@@H](N)c1cc(F)ccc1Cl. The minimum absolute atomic E-state index is 0.391. The minimum Gasteiger partial charge on any atom is -0.391 e. The number of benzene rings is 1.